The summed E-state index contributed by atoms with van der Waals surface area (Å²) < 4.78 is 27.2. The second-order valence-corrected chi connectivity index (χ2v) is 9.75. The van der Waals surface area contributed by atoms with Gasteiger partial charge in [0.15, 0.2) is 0 Å². The van der Waals surface area contributed by atoms with Crippen LogP contribution in [0.1, 0.15) is 39.0 Å². The van der Waals surface area contributed by atoms with Gasteiger partial charge >= 0.3 is 0 Å². The van der Waals surface area contributed by atoms with Gasteiger partial charge in [0, 0.05) is 24.2 Å². The third kappa shape index (κ3) is 4.69. The number of hydrogen-bond acceptors (Lipinski definition) is 3. The fourth-order valence-electron chi connectivity index (χ4n) is 3.96. The van der Waals surface area contributed by atoms with Crippen molar-refractivity contribution in [3.8, 4) is 0 Å². The van der Waals surface area contributed by atoms with Gasteiger partial charge in [-0.15, -0.1) is 12.4 Å². The Labute approximate surface area is 163 Å². The number of hydrogen-bond donors (Lipinski definition) is 0. The van der Waals surface area contributed by atoms with E-state index in [4.69, 9.17) is 11.6 Å². The van der Waals surface area contributed by atoms with E-state index in [0.29, 0.717) is 16.0 Å². The molecule has 0 bridgehead atoms. The molecule has 0 aromatic heterocycles. The first-order valence-corrected chi connectivity index (χ1v) is 10.7. The quantitative estimate of drug-likeness (QED) is 0.757. The Morgan fingerprint density at radius 3 is 2.28 bits per heavy atom. The van der Waals surface area contributed by atoms with Gasteiger partial charge < -0.3 is 4.90 Å². The predicted octanol–water partition coefficient (Wildman–Crippen LogP) is 4.04. The van der Waals surface area contributed by atoms with Crippen LogP contribution in [0, 0.1) is 5.92 Å². The van der Waals surface area contributed by atoms with Crippen molar-refractivity contribution in [1.82, 2.24) is 9.21 Å². The van der Waals surface area contributed by atoms with E-state index < -0.39 is 10.0 Å². The van der Waals surface area contributed by atoms with Crippen LogP contribution in [0.4, 0.5) is 0 Å². The molecule has 0 unspecified atom stereocenters. The SMILES string of the molecule is CC1CCN([C@@H]2CC[C@H](N(C)S(=O)(=O)c3ccc(Cl)cc3)C2)CC1.Cl. The monoisotopic (exact) mass is 406 g/mol. The van der Waals surface area contributed by atoms with E-state index in [0.717, 1.165) is 38.3 Å². The van der Waals surface area contributed by atoms with Gasteiger partial charge in [-0.3, -0.25) is 0 Å². The summed E-state index contributed by atoms with van der Waals surface area (Å²) >= 11 is 5.87. The molecule has 1 heterocycles. The third-order valence-corrected chi connectivity index (χ3v) is 7.89. The molecular weight excluding hydrogens is 379 g/mol. The Bertz CT molecular complexity index is 658. The van der Waals surface area contributed by atoms with E-state index in [1.54, 1.807) is 35.6 Å². The average Bonchev–Trinajstić information content (AvgIpc) is 3.05. The third-order valence-electron chi connectivity index (χ3n) is 5.72. The van der Waals surface area contributed by atoms with Gasteiger partial charge in [-0.25, -0.2) is 8.42 Å². The smallest absolute Gasteiger partial charge is 0.243 e. The van der Waals surface area contributed by atoms with Crippen LogP contribution in [-0.4, -0.2) is 49.8 Å². The van der Waals surface area contributed by atoms with E-state index in [1.807, 2.05) is 0 Å². The summed E-state index contributed by atoms with van der Waals surface area (Å²) in [6, 6.07) is 7.07. The molecule has 0 N–H and O–H groups in total. The van der Waals surface area contributed by atoms with Gasteiger partial charge in [0.2, 0.25) is 10.0 Å². The van der Waals surface area contributed by atoms with Crippen molar-refractivity contribution in [3.63, 3.8) is 0 Å². The maximum absolute atomic E-state index is 12.8. The molecule has 1 aromatic rings. The fourth-order valence-corrected chi connectivity index (χ4v) is 5.48. The Morgan fingerprint density at radius 1 is 1.08 bits per heavy atom. The van der Waals surface area contributed by atoms with Crippen LogP contribution in [0.5, 0.6) is 0 Å². The van der Waals surface area contributed by atoms with Crippen molar-refractivity contribution < 1.29 is 8.42 Å². The largest absolute Gasteiger partial charge is 0.300 e. The van der Waals surface area contributed by atoms with E-state index in [9.17, 15) is 8.42 Å². The van der Waals surface area contributed by atoms with Crippen LogP contribution >= 0.6 is 24.0 Å². The van der Waals surface area contributed by atoms with Crippen molar-refractivity contribution in [3.05, 3.63) is 29.3 Å². The summed E-state index contributed by atoms with van der Waals surface area (Å²) in [6.45, 7) is 4.64. The zero-order valence-corrected chi connectivity index (χ0v) is 17.3. The van der Waals surface area contributed by atoms with Crippen LogP contribution in [0.15, 0.2) is 29.2 Å². The van der Waals surface area contributed by atoms with E-state index in [2.05, 4.69) is 11.8 Å². The first-order chi connectivity index (χ1) is 11.4. The summed E-state index contributed by atoms with van der Waals surface area (Å²) in [6.07, 6.45) is 5.51. The second kappa shape index (κ2) is 8.57. The van der Waals surface area contributed by atoms with Crippen LogP contribution in [0.3, 0.4) is 0 Å². The topological polar surface area (TPSA) is 40.6 Å². The molecule has 2 fully saturated rings. The van der Waals surface area contributed by atoms with Gasteiger partial charge in [-0.1, -0.05) is 18.5 Å². The highest BCUT2D eigenvalue weighted by atomic mass is 35.5. The normalized spacial score (nSPS) is 25.9. The van der Waals surface area contributed by atoms with Gasteiger partial charge in [0.1, 0.15) is 0 Å². The summed E-state index contributed by atoms with van der Waals surface area (Å²) in [4.78, 5) is 2.90. The maximum Gasteiger partial charge on any atom is 0.243 e. The Hall–Kier alpha value is -0.330. The van der Waals surface area contributed by atoms with Gasteiger partial charge in [0.25, 0.3) is 0 Å². The number of benzene rings is 1. The number of sulfonamides is 1. The van der Waals surface area contributed by atoms with Gasteiger partial charge in [-0.05, 0) is 75.4 Å². The van der Waals surface area contributed by atoms with Crippen LogP contribution in [0.25, 0.3) is 0 Å². The zero-order chi connectivity index (χ0) is 17.3. The summed E-state index contributed by atoms with van der Waals surface area (Å²) in [5.41, 5.74) is 0. The first kappa shape index (κ1) is 21.0. The molecule has 4 nitrogen and oxygen atoms in total. The minimum Gasteiger partial charge on any atom is -0.300 e. The molecular formula is C18H28Cl2N2O2S. The van der Waals surface area contributed by atoms with E-state index in [1.165, 1.54) is 12.8 Å². The molecule has 142 valence electrons. The van der Waals surface area contributed by atoms with Crippen LogP contribution < -0.4 is 0 Å². The predicted molar refractivity (Wildman–Crippen MR) is 105 cm³/mol. The Morgan fingerprint density at radius 2 is 1.68 bits per heavy atom. The van der Waals surface area contributed by atoms with Gasteiger partial charge in [-0.2, -0.15) is 4.31 Å². The molecule has 1 saturated carbocycles. The van der Waals surface area contributed by atoms with Crippen molar-refractivity contribution >= 4 is 34.0 Å². The minimum atomic E-state index is -3.45. The van der Waals surface area contributed by atoms with Crippen molar-refractivity contribution in [1.29, 1.82) is 0 Å². The highest BCUT2D eigenvalue weighted by Gasteiger charge is 2.36. The van der Waals surface area contributed by atoms with Crippen molar-refractivity contribution in [2.75, 3.05) is 20.1 Å². The molecule has 7 heteroatoms. The second-order valence-electron chi connectivity index (χ2n) is 7.31. The molecule has 2 aliphatic rings. The van der Waals surface area contributed by atoms with E-state index >= 15 is 0 Å². The summed E-state index contributed by atoms with van der Waals surface area (Å²) in [7, 11) is -1.73. The standard InChI is InChI=1S/C18H27ClN2O2S.ClH/c1-14-9-11-21(12-10-14)17-6-5-16(13-17)20(2)24(22,23)18-7-3-15(19)4-8-18;/h3-4,7-8,14,16-17H,5-6,9-13H2,1-2H3;1H/t16-,17+;/m0./s1. The molecule has 0 radical (unpaired) electrons. The van der Waals surface area contributed by atoms with Gasteiger partial charge in [0.05, 0.1) is 4.90 Å². The molecule has 1 aliphatic heterocycles. The lowest BCUT2D eigenvalue weighted by molar-refractivity contribution is 0.136. The molecule has 0 amide bonds. The molecule has 1 saturated heterocycles. The average molecular weight is 407 g/mol. The Kier molecular flexibility index (Phi) is 7.19. The number of nitrogens with zero attached hydrogens (tertiary/aromatic N) is 2. The number of piperidine rings is 1. The summed E-state index contributed by atoms with van der Waals surface area (Å²) in [5.74, 6) is 0.825. The first-order valence-electron chi connectivity index (χ1n) is 8.85. The number of halogens is 2. The molecule has 0 spiro atoms. The highest BCUT2D eigenvalue weighted by molar-refractivity contribution is 7.89. The van der Waals surface area contributed by atoms with Crippen LogP contribution in [0.2, 0.25) is 5.02 Å². The molecule has 25 heavy (non-hydrogen) atoms. The Balaban J connectivity index is 0.00000225. The zero-order valence-electron chi connectivity index (χ0n) is 14.9. The van der Waals surface area contributed by atoms with Crippen molar-refractivity contribution in [2.45, 2.75) is 56.0 Å². The number of rotatable bonds is 4. The molecule has 1 aromatic carbocycles. The van der Waals surface area contributed by atoms with Crippen LogP contribution in [-0.2, 0) is 10.0 Å². The highest BCUT2D eigenvalue weighted by Crippen LogP contribution is 2.32. The minimum absolute atomic E-state index is 0. The lowest BCUT2D eigenvalue weighted by Crippen LogP contribution is -2.41. The van der Waals surface area contributed by atoms with E-state index in [-0.39, 0.29) is 18.4 Å². The lowest BCUT2D eigenvalue weighted by atomic mass is 9.97. The summed E-state index contributed by atoms with van der Waals surface area (Å²) in [5, 5.41) is 0.553. The molecule has 2 atom stereocenters. The fraction of sp³-hybridized carbons (Fsp3) is 0.667. The number of likely N-dealkylation sites (tertiary alicyclic amines) is 1. The maximum atomic E-state index is 12.8. The molecule has 3 rings (SSSR count). The van der Waals surface area contributed by atoms with Crippen molar-refractivity contribution in [2.24, 2.45) is 5.92 Å². The molecule has 1 aliphatic carbocycles. The lowest BCUT2D eigenvalue weighted by Gasteiger charge is -2.35.